The van der Waals surface area contributed by atoms with Crippen LogP contribution in [0.2, 0.25) is 0 Å². The average Bonchev–Trinajstić information content (AvgIpc) is 3.06. The first-order chi connectivity index (χ1) is 11.0. The number of benzene rings is 1. The van der Waals surface area contributed by atoms with Crippen molar-refractivity contribution >= 4 is 5.91 Å². The van der Waals surface area contributed by atoms with Crippen LogP contribution in [0, 0.1) is 5.82 Å². The highest BCUT2D eigenvalue weighted by Crippen LogP contribution is 2.20. The summed E-state index contributed by atoms with van der Waals surface area (Å²) >= 11 is 0. The van der Waals surface area contributed by atoms with Gasteiger partial charge in [0.1, 0.15) is 5.82 Å². The fourth-order valence-corrected chi connectivity index (χ4v) is 3.07. The standard InChI is InChI=1S/C18H21FN2O2/c1-13-11-21(18(22)17-4-3-9-23-17)14(2)10-20(13)12-15-5-7-16(19)8-6-15/h3-9,13-14H,10-12H2,1-2H3/t13-,14-/m0/s1. The molecule has 0 aliphatic carbocycles. The van der Waals surface area contributed by atoms with Gasteiger partial charge in [0, 0.05) is 31.7 Å². The van der Waals surface area contributed by atoms with Crippen LogP contribution in [0.4, 0.5) is 4.39 Å². The van der Waals surface area contributed by atoms with Gasteiger partial charge in [0.15, 0.2) is 5.76 Å². The number of hydrogen-bond donors (Lipinski definition) is 0. The van der Waals surface area contributed by atoms with Gasteiger partial charge in [0.2, 0.25) is 0 Å². The highest BCUT2D eigenvalue weighted by atomic mass is 19.1. The van der Waals surface area contributed by atoms with Gasteiger partial charge in [-0.3, -0.25) is 9.69 Å². The van der Waals surface area contributed by atoms with Crippen molar-refractivity contribution in [2.24, 2.45) is 0 Å². The molecule has 122 valence electrons. The molecule has 2 atom stereocenters. The molecule has 3 rings (SSSR count). The largest absolute Gasteiger partial charge is 0.459 e. The lowest BCUT2D eigenvalue weighted by atomic mass is 10.1. The van der Waals surface area contributed by atoms with Crippen molar-refractivity contribution in [1.82, 2.24) is 9.80 Å². The number of piperazine rings is 1. The summed E-state index contributed by atoms with van der Waals surface area (Å²) in [5.41, 5.74) is 1.08. The molecule has 1 aromatic heterocycles. The molecule has 0 bridgehead atoms. The second-order valence-electron chi connectivity index (χ2n) is 6.19. The first-order valence-corrected chi connectivity index (χ1v) is 7.87. The highest BCUT2D eigenvalue weighted by Gasteiger charge is 2.33. The number of halogens is 1. The molecule has 0 unspecified atom stereocenters. The fraction of sp³-hybridized carbons (Fsp3) is 0.389. The van der Waals surface area contributed by atoms with Gasteiger partial charge < -0.3 is 9.32 Å². The van der Waals surface area contributed by atoms with Crippen molar-refractivity contribution < 1.29 is 13.6 Å². The lowest BCUT2D eigenvalue weighted by Gasteiger charge is -2.43. The molecule has 2 heterocycles. The average molecular weight is 316 g/mol. The molecule has 1 amide bonds. The Morgan fingerprint density at radius 3 is 2.57 bits per heavy atom. The third-order valence-electron chi connectivity index (χ3n) is 4.41. The van der Waals surface area contributed by atoms with E-state index in [4.69, 9.17) is 4.42 Å². The molecule has 2 aromatic rings. The summed E-state index contributed by atoms with van der Waals surface area (Å²) in [7, 11) is 0. The minimum Gasteiger partial charge on any atom is -0.459 e. The highest BCUT2D eigenvalue weighted by molar-refractivity contribution is 5.91. The molecule has 1 aliphatic heterocycles. The van der Waals surface area contributed by atoms with Crippen molar-refractivity contribution in [3.8, 4) is 0 Å². The summed E-state index contributed by atoms with van der Waals surface area (Å²) in [6.45, 7) is 6.35. The van der Waals surface area contributed by atoms with E-state index in [-0.39, 0.29) is 23.8 Å². The van der Waals surface area contributed by atoms with E-state index in [2.05, 4.69) is 11.8 Å². The number of carbonyl (C=O) groups excluding carboxylic acids is 1. The van der Waals surface area contributed by atoms with Crippen LogP contribution in [-0.4, -0.2) is 40.9 Å². The Bertz CT molecular complexity index is 654. The molecule has 5 heteroatoms. The van der Waals surface area contributed by atoms with Crippen molar-refractivity contribution in [1.29, 1.82) is 0 Å². The van der Waals surface area contributed by atoms with Crippen molar-refractivity contribution in [2.45, 2.75) is 32.5 Å². The second kappa shape index (κ2) is 6.54. The van der Waals surface area contributed by atoms with Gasteiger partial charge in [-0.15, -0.1) is 0 Å². The Balaban J connectivity index is 1.67. The zero-order valence-electron chi connectivity index (χ0n) is 13.4. The quantitative estimate of drug-likeness (QED) is 0.873. The van der Waals surface area contributed by atoms with E-state index in [1.165, 1.54) is 18.4 Å². The molecule has 4 nitrogen and oxygen atoms in total. The molecule has 0 N–H and O–H groups in total. The van der Waals surface area contributed by atoms with Crippen LogP contribution in [0.3, 0.4) is 0 Å². The number of amides is 1. The molecule has 1 saturated heterocycles. The van der Waals surface area contributed by atoms with Gasteiger partial charge in [-0.05, 0) is 43.7 Å². The monoisotopic (exact) mass is 316 g/mol. The van der Waals surface area contributed by atoms with Crippen LogP contribution in [0.15, 0.2) is 47.1 Å². The van der Waals surface area contributed by atoms with Crippen LogP contribution in [0.5, 0.6) is 0 Å². The number of hydrogen-bond acceptors (Lipinski definition) is 3. The van der Waals surface area contributed by atoms with E-state index in [0.29, 0.717) is 12.3 Å². The zero-order valence-corrected chi connectivity index (χ0v) is 13.4. The maximum absolute atomic E-state index is 13.0. The van der Waals surface area contributed by atoms with Gasteiger partial charge in [0.05, 0.1) is 6.26 Å². The SMILES string of the molecule is C[C@H]1CN(C(=O)c2ccco2)[C@@H](C)CN1Cc1ccc(F)cc1. The third kappa shape index (κ3) is 3.45. The molecule has 1 fully saturated rings. The third-order valence-corrected chi connectivity index (χ3v) is 4.41. The second-order valence-corrected chi connectivity index (χ2v) is 6.19. The predicted octanol–water partition coefficient (Wildman–Crippen LogP) is 3.15. The van der Waals surface area contributed by atoms with Gasteiger partial charge in [-0.25, -0.2) is 4.39 Å². The normalized spacial score (nSPS) is 22.3. The lowest BCUT2D eigenvalue weighted by molar-refractivity contribution is 0.0267. The Labute approximate surface area is 135 Å². The first kappa shape index (κ1) is 15.7. The van der Waals surface area contributed by atoms with E-state index in [1.54, 1.807) is 12.1 Å². The van der Waals surface area contributed by atoms with Crippen LogP contribution in [0.25, 0.3) is 0 Å². The van der Waals surface area contributed by atoms with E-state index in [1.807, 2.05) is 24.0 Å². The summed E-state index contributed by atoms with van der Waals surface area (Å²) in [6.07, 6.45) is 1.52. The first-order valence-electron chi connectivity index (χ1n) is 7.87. The van der Waals surface area contributed by atoms with E-state index >= 15 is 0 Å². The maximum atomic E-state index is 13.0. The predicted molar refractivity (Wildman–Crippen MR) is 85.5 cm³/mol. The minimum absolute atomic E-state index is 0.0595. The summed E-state index contributed by atoms with van der Waals surface area (Å²) in [4.78, 5) is 16.7. The van der Waals surface area contributed by atoms with Gasteiger partial charge in [-0.2, -0.15) is 0 Å². The molecule has 0 saturated carbocycles. The number of rotatable bonds is 3. The maximum Gasteiger partial charge on any atom is 0.289 e. The number of nitrogens with zero attached hydrogens (tertiary/aromatic N) is 2. The summed E-state index contributed by atoms with van der Waals surface area (Å²) in [6, 6.07) is 10.4. The van der Waals surface area contributed by atoms with Gasteiger partial charge in [0.25, 0.3) is 5.91 Å². The van der Waals surface area contributed by atoms with Crippen molar-refractivity contribution in [3.05, 3.63) is 59.8 Å². The van der Waals surface area contributed by atoms with E-state index in [9.17, 15) is 9.18 Å². The van der Waals surface area contributed by atoms with E-state index < -0.39 is 0 Å². The Morgan fingerprint density at radius 1 is 1.17 bits per heavy atom. The molecule has 1 aromatic carbocycles. The van der Waals surface area contributed by atoms with Gasteiger partial charge in [-0.1, -0.05) is 12.1 Å². The minimum atomic E-state index is -0.218. The zero-order chi connectivity index (χ0) is 16.4. The number of furan rings is 1. The summed E-state index contributed by atoms with van der Waals surface area (Å²) in [5.74, 6) is 0.107. The molecule has 23 heavy (non-hydrogen) atoms. The van der Waals surface area contributed by atoms with Gasteiger partial charge >= 0.3 is 0 Å². The summed E-state index contributed by atoms with van der Waals surface area (Å²) in [5, 5.41) is 0. The molecule has 1 aliphatic rings. The Kier molecular flexibility index (Phi) is 4.48. The smallest absolute Gasteiger partial charge is 0.289 e. The topological polar surface area (TPSA) is 36.7 Å². The molecule has 0 radical (unpaired) electrons. The molecule has 0 spiro atoms. The van der Waals surface area contributed by atoms with Crippen LogP contribution < -0.4 is 0 Å². The van der Waals surface area contributed by atoms with E-state index in [0.717, 1.165) is 18.7 Å². The lowest BCUT2D eigenvalue weighted by Crippen LogP contribution is -2.57. The summed E-state index contributed by atoms with van der Waals surface area (Å²) < 4.78 is 18.2. The van der Waals surface area contributed by atoms with Crippen LogP contribution >= 0.6 is 0 Å². The van der Waals surface area contributed by atoms with Crippen LogP contribution in [0.1, 0.15) is 30.0 Å². The Hall–Kier alpha value is -2.14. The molecular formula is C18H21FN2O2. The Morgan fingerprint density at radius 2 is 1.91 bits per heavy atom. The number of carbonyl (C=O) groups is 1. The fourth-order valence-electron chi connectivity index (χ4n) is 3.07. The van der Waals surface area contributed by atoms with Crippen molar-refractivity contribution in [3.63, 3.8) is 0 Å². The van der Waals surface area contributed by atoms with Crippen molar-refractivity contribution in [2.75, 3.05) is 13.1 Å². The van der Waals surface area contributed by atoms with Crippen LogP contribution in [-0.2, 0) is 6.54 Å². The molecular weight excluding hydrogens is 295 g/mol.